The SMILES string of the molecule is CC(C)(C)NC1=Cc2ncccc2C1. The van der Waals surface area contributed by atoms with Crippen molar-refractivity contribution in [1.82, 2.24) is 10.3 Å². The van der Waals surface area contributed by atoms with Gasteiger partial charge in [0.05, 0.1) is 5.69 Å². The minimum Gasteiger partial charge on any atom is -0.383 e. The molecule has 0 saturated carbocycles. The van der Waals surface area contributed by atoms with Crippen molar-refractivity contribution in [2.75, 3.05) is 0 Å². The minimum absolute atomic E-state index is 0.133. The Morgan fingerprint density at radius 1 is 1.36 bits per heavy atom. The van der Waals surface area contributed by atoms with E-state index in [9.17, 15) is 0 Å². The lowest BCUT2D eigenvalue weighted by atomic mass is 10.1. The summed E-state index contributed by atoms with van der Waals surface area (Å²) < 4.78 is 0. The van der Waals surface area contributed by atoms with Crippen molar-refractivity contribution in [3.63, 3.8) is 0 Å². The van der Waals surface area contributed by atoms with E-state index in [0.717, 1.165) is 12.1 Å². The van der Waals surface area contributed by atoms with Crippen LogP contribution in [0.4, 0.5) is 0 Å². The highest BCUT2D eigenvalue weighted by Crippen LogP contribution is 2.22. The van der Waals surface area contributed by atoms with Gasteiger partial charge < -0.3 is 5.32 Å². The van der Waals surface area contributed by atoms with Gasteiger partial charge in [0, 0.05) is 23.9 Å². The second kappa shape index (κ2) is 3.12. The second-order valence-electron chi connectivity index (χ2n) is 4.77. The van der Waals surface area contributed by atoms with Gasteiger partial charge in [-0.15, -0.1) is 0 Å². The lowest BCUT2D eigenvalue weighted by Crippen LogP contribution is -2.34. The monoisotopic (exact) mass is 188 g/mol. The smallest absolute Gasteiger partial charge is 0.0682 e. The van der Waals surface area contributed by atoms with Crippen molar-refractivity contribution in [1.29, 1.82) is 0 Å². The van der Waals surface area contributed by atoms with Gasteiger partial charge in [0.25, 0.3) is 0 Å². The Hall–Kier alpha value is -1.31. The highest BCUT2D eigenvalue weighted by atomic mass is 15.0. The molecular formula is C12H16N2. The van der Waals surface area contributed by atoms with Gasteiger partial charge in [-0.1, -0.05) is 6.07 Å². The quantitative estimate of drug-likeness (QED) is 0.732. The van der Waals surface area contributed by atoms with Crippen LogP contribution in [0.3, 0.4) is 0 Å². The molecule has 1 aliphatic carbocycles. The van der Waals surface area contributed by atoms with E-state index in [1.807, 2.05) is 12.3 Å². The summed E-state index contributed by atoms with van der Waals surface area (Å²) in [5.41, 5.74) is 3.83. The van der Waals surface area contributed by atoms with Crippen LogP contribution in [0.25, 0.3) is 6.08 Å². The molecule has 0 bridgehead atoms. The average molecular weight is 188 g/mol. The summed E-state index contributed by atoms with van der Waals surface area (Å²) in [5, 5.41) is 3.49. The van der Waals surface area contributed by atoms with Crippen molar-refractivity contribution in [3.05, 3.63) is 35.3 Å². The Bertz CT molecular complexity index is 372. The maximum absolute atomic E-state index is 4.32. The van der Waals surface area contributed by atoms with Gasteiger partial charge in [0.2, 0.25) is 0 Å². The Morgan fingerprint density at radius 2 is 2.14 bits per heavy atom. The highest BCUT2D eigenvalue weighted by Gasteiger charge is 2.17. The van der Waals surface area contributed by atoms with Gasteiger partial charge in [0.15, 0.2) is 0 Å². The molecule has 1 aromatic heterocycles. The van der Waals surface area contributed by atoms with Gasteiger partial charge in [-0.3, -0.25) is 4.98 Å². The standard InChI is InChI=1S/C12H16N2/c1-12(2,3)14-10-7-9-5-4-6-13-11(9)8-10/h4-6,8,14H,7H2,1-3H3. The van der Waals surface area contributed by atoms with E-state index < -0.39 is 0 Å². The lowest BCUT2D eigenvalue weighted by Gasteiger charge is -2.22. The van der Waals surface area contributed by atoms with E-state index in [-0.39, 0.29) is 5.54 Å². The van der Waals surface area contributed by atoms with Gasteiger partial charge in [-0.05, 0) is 38.5 Å². The van der Waals surface area contributed by atoms with Crippen molar-refractivity contribution in [2.24, 2.45) is 0 Å². The molecule has 14 heavy (non-hydrogen) atoms. The molecule has 1 aromatic rings. The first kappa shape index (κ1) is 9.25. The van der Waals surface area contributed by atoms with E-state index >= 15 is 0 Å². The third kappa shape index (κ3) is 1.95. The Balaban J connectivity index is 2.16. The van der Waals surface area contributed by atoms with Gasteiger partial charge in [-0.25, -0.2) is 0 Å². The molecule has 0 radical (unpaired) electrons. The minimum atomic E-state index is 0.133. The third-order valence-electron chi connectivity index (χ3n) is 2.15. The van der Waals surface area contributed by atoms with Crippen LogP contribution in [0.1, 0.15) is 32.0 Å². The average Bonchev–Trinajstić information content (AvgIpc) is 2.42. The summed E-state index contributed by atoms with van der Waals surface area (Å²) in [4.78, 5) is 4.32. The molecule has 0 amide bonds. The van der Waals surface area contributed by atoms with E-state index in [4.69, 9.17) is 0 Å². The third-order valence-corrected chi connectivity index (χ3v) is 2.15. The fourth-order valence-electron chi connectivity index (χ4n) is 1.71. The van der Waals surface area contributed by atoms with E-state index in [2.05, 4.69) is 43.2 Å². The molecule has 2 nitrogen and oxygen atoms in total. The molecule has 0 unspecified atom stereocenters. The first-order valence-electron chi connectivity index (χ1n) is 4.97. The normalized spacial score (nSPS) is 14.9. The van der Waals surface area contributed by atoms with Gasteiger partial charge >= 0.3 is 0 Å². The molecule has 2 heteroatoms. The molecular weight excluding hydrogens is 172 g/mol. The fraction of sp³-hybridized carbons (Fsp3) is 0.417. The molecule has 1 heterocycles. The predicted octanol–water partition coefficient (Wildman–Crippen LogP) is 2.37. The molecule has 0 aromatic carbocycles. The molecule has 0 spiro atoms. The van der Waals surface area contributed by atoms with Crippen LogP contribution in [0.15, 0.2) is 24.0 Å². The Labute approximate surface area is 85.1 Å². The van der Waals surface area contributed by atoms with Gasteiger partial charge in [-0.2, -0.15) is 0 Å². The molecule has 1 aliphatic rings. The van der Waals surface area contributed by atoms with Crippen LogP contribution >= 0.6 is 0 Å². The highest BCUT2D eigenvalue weighted by molar-refractivity contribution is 5.59. The van der Waals surface area contributed by atoms with Crippen LogP contribution in [0, 0.1) is 0 Å². The molecule has 1 N–H and O–H groups in total. The summed E-state index contributed by atoms with van der Waals surface area (Å²) in [6.07, 6.45) is 4.97. The van der Waals surface area contributed by atoms with Crippen LogP contribution in [0.5, 0.6) is 0 Å². The molecule has 0 aliphatic heterocycles. The number of hydrogen-bond acceptors (Lipinski definition) is 2. The molecule has 0 saturated heterocycles. The Morgan fingerprint density at radius 3 is 2.79 bits per heavy atom. The fourth-order valence-corrected chi connectivity index (χ4v) is 1.71. The number of aromatic nitrogens is 1. The number of rotatable bonds is 1. The molecule has 0 fully saturated rings. The number of pyridine rings is 1. The zero-order valence-corrected chi connectivity index (χ0v) is 8.96. The lowest BCUT2D eigenvalue weighted by molar-refractivity contribution is 0.471. The summed E-state index contributed by atoms with van der Waals surface area (Å²) >= 11 is 0. The topological polar surface area (TPSA) is 24.9 Å². The number of fused-ring (bicyclic) bond motifs is 1. The predicted molar refractivity (Wildman–Crippen MR) is 58.8 cm³/mol. The second-order valence-corrected chi connectivity index (χ2v) is 4.77. The molecule has 74 valence electrons. The van der Waals surface area contributed by atoms with Crippen LogP contribution in [-0.4, -0.2) is 10.5 Å². The van der Waals surface area contributed by atoms with E-state index in [1.165, 1.54) is 11.3 Å². The molecule has 0 atom stereocenters. The van der Waals surface area contributed by atoms with Crippen LogP contribution in [0.2, 0.25) is 0 Å². The van der Waals surface area contributed by atoms with Crippen molar-refractivity contribution >= 4 is 6.08 Å². The van der Waals surface area contributed by atoms with Crippen LogP contribution < -0.4 is 5.32 Å². The first-order chi connectivity index (χ1) is 6.54. The largest absolute Gasteiger partial charge is 0.383 e. The number of nitrogens with one attached hydrogen (secondary N) is 1. The van der Waals surface area contributed by atoms with Gasteiger partial charge in [0.1, 0.15) is 0 Å². The summed E-state index contributed by atoms with van der Waals surface area (Å²) in [7, 11) is 0. The number of nitrogens with zero attached hydrogens (tertiary/aromatic N) is 1. The first-order valence-corrected chi connectivity index (χ1v) is 4.97. The summed E-state index contributed by atoms with van der Waals surface area (Å²) in [6.45, 7) is 6.51. The number of hydrogen-bond donors (Lipinski definition) is 1. The van der Waals surface area contributed by atoms with E-state index in [1.54, 1.807) is 0 Å². The summed E-state index contributed by atoms with van der Waals surface area (Å²) in [6, 6.07) is 4.13. The zero-order valence-electron chi connectivity index (χ0n) is 8.96. The Kier molecular flexibility index (Phi) is 2.06. The molecule has 2 rings (SSSR count). The maximum Gasteiger partial charge on any atom is 0.0682 e. The van der Waals surface area contributed by atoms with Crippen molar-refractivity contribution < 1.29 is 0 Å². The zero-order chi connectivity index (χ0) is 10.2. The summed E-state index contributed by atoms with van der Waals surface area (Å²) in [5.74, 6) is 0. The number of allylic oxidation sites excluding steroid dienone is 1. The maximum atomic E-state index is 4.32. The van der Waals surface area contributed by atoms with Crippen molar-refractivity contribution in [3.8, 4) is 0 Å². The van der Waals surface area contributed by atoms with Crippen molar-refractivity contribution in [2.45, 2.75) is 32.7 Å². The van der Waals surface area contributed by atoms with E-state index in [0.29, 0.717) is 0 Å². The van der Waals surface area contributed by atoms with Crippen LogP contribution in [-0.2, 0) is 6.42 Å².